The predicted molar refractivity (Wildman–Crippen MR) is 71.7 cm³/mol. The lowest BCUT2D eigenvalue weighted by atomic mass is 10.2. The Kier molecular flexibility index (Phi) is 3.16. The lowest BCUT2D eigenvalue weighted by Gasteiger charge is -2.30. The Morgan fingerprint density at radius 2 is 1.60 bits per heavy atom. The lowest BCUT2D eigenvalue weighted by Crippen LogP contribution is -2.24. The zero-order chi connectivity index (χ0) is 10.9. The van der Waals surface area contributed by atoms with Crippen LogP contribution in [0.4, 0.5) is 0 Å². The van der Waals surface area contributed by atoms with E-state index in [1.165, 1.54) is 19.0 Å². The SMILES string of the molecule is CC[P+]1(c2ccccc2)[C@@H](C)CC[C@@H]1C. The van der Waals surface area contributed by atoms with Gasteiger partial charge in [-0.2, -0.15) is 0 Å². The van der Waals surface area contributed by atoms with Gasteiger partial charge in [0, 0.05) is 0 Å². The maximum absolute atomic E-state index is 2.48. The van der Waals surface area contributed by atoms with E-state index >= 15 is 0 Å². The van der Waals surface area contributed by atoms with Crippen molar-refractivity contribution in [3.05, 3.63) is 30.3 Å². The maximum Gasteiger partial charge on any atom is 0.0944 e. The molecule has 82 valence electrons. The maximum atomic E-state index is 2.48. The summed E-state index contributed by atoms with van der Waals surface area (Å²) in [5, 5.41) is 1.67. The molecule has 0 aromatic heterocycles. The molecule has 0 radical (unpaired) electrons. The minimum absolute atomic E-state index is 0.862. The molecule has 2 atom stereocenters. The number of rotatable bonds is 2. The van der Waals surface area contributed by atoms with Crippen LogP contribution in [0.1, 0.15) is 33.6 Å². The number of hydrogen-bond acceptors (Lipinski definition) is 0. The molecule has 2 rings (SSSR count). The second-order valence-corrected chi connectivity index (χ2v) is 9.63. The molecule has 1 saturated heterocycles. The highest BCUT2D eigenvalue weighted by atomic mass is 31.2. The molecule has 0 spiro atoms. The molecule has 0 amide bonds. The third-order valence-electron chi connectivity index (χ3n) is 4.34. The summed E-state index contributed by atoms with van der Waals surface area (Å²) in [6.45, 7) is 7.36. The second kappa shape index (κ2) is 4.26. The quantitative estimate of drug-likeness (QED) is 0.664. The van der Waals surface area contributed by atoms with Crippen LogP contribution in [-0.4, -0.2) is 17.5 Å². The standard InChI is InChI=1S/C14H22P/c1-4-15(12(2)10-11-13(15)3)14-8-6-5-7-9-14/h5-9,12-13H,4,10-11H2,1-3H3/q+1/t12-,13-/m0/s1. The average molecular weight is 221 g/mol. The second-order valence-electron chi connectivity index (χ2n) is 4.86. The topological polar surface area (TPSA) is 0 Å². The predicted octanol–water partition coefficient (Wildman–Crippen LogP) is 3.92. The van der Waals surface area contributed by atoms with Gasteiger partial charge in [-0.15, -0.1) is 0 Å². The molecule has 0 saturated carbocycles. The lowest BCUT2D eigenvalue weighted by molar-refractivity contribution is 0.777. The number of hydrogen-bond donors (Lipinski definition) is 0. The molecule has 1 aromatic rings. The fraction of sp³-hybridized carbons (Fsp3) is 0.571. The minimum Gasteiger partial charge on any atom is -0.0620 e. The van der Waals surface area contributed by atoms with Crippen LogP contribution in [0.3, 0.4) is 0 Å². The third-order valence-corrected chi connectivity index (χ3v) is 10.3. The average Bonchev–Trinajstić information content (AvgIpc) is 2.57. The van der Waals surface area contributed by atoms with Crippen molar-refractivity contribution in [1.29, 1.82) is 0 Å². The first-order chi connectivity index (χ1) is 7.21. The van der Waals surface area contributed by atoms with Gasteiger partial charge in [0.2, 0.25) is 0 Å². The highest BCUT2D eigenvalue weighted by Crippen LogP contribution is 2.71. The fourth-order valence-electron chi connectivity index (χ4n) is 3.40. The summed E-state index contributed by atoms with van der Waals surface area (Å²) in [6.07, 6.45) is 4.27. The highest BCUT2D eigenvalue weighted by Gasteiger charge is 2.52. The van der Waals surface area contributed by atoms with Crippen molar-refractivity contribution in [3.8, 4) is 0 Å². The van der Waals surface area contributed by atoms with Crippen LogP contribution < -0.4 is 5.30 Å². The van der Waals surface area contributed by atoms with Crippen LogP contribution in [0, 0.1) is 0 Å². The van der Waals surface area contributed by atoms with Gasteiger partial charge in [0.1, 0.15) is 0 Å². The zero-order valence-electron chi connectivity index (χ0n) is 10.1. The van der Waals surface area contributed by atoms with E-state index in [1.807, 2.05) is 0 Å². The molecular formula is C14H22P+. The van der Waals surface area contributed by atoms with Crippen molar-refractivity contribution in [3.63, 3.8) is 0 Å². The van der Waals surface area contributed by atoms with Crippen LogP contribution >= 0.6 is 7.26 Å². The van der Waals surface area contributed by atoms with Crippen molar-refractivity contribution >= 4 is 12.6 Å². The summed E-state index contributed by atoms with van der Waals surface area (Å²) >= 11 is 0. The summed E-state index contributed by atoms with van der Waals surface area (Å²) < 4.78 is 0. The Hall–Kier alpha value is -0.350. The van der Waals surface area contributed by atoms with Gasteiger partial charge in [0.25, 0.3) is 0 Å². The third kappa shape index (κ3) is 1.64. The summed E-state index contributed by atoms with van der Waals surface area (Å²) in [5.41, 5.74) is 1.89. The summed E-state index contributed by atoms with van der Waals surface area (Å²) in [4.78, 5) is 0. The van der Waals surface area contributed by atoms with Gasteiger partial charge in [-0.25, -0.2) is 0 Å². The molecule has 1 aliphatic heterocycles. The van der Waals surface area contributed by atoms with Crippen LogP contribution in [0.5, 0.6) is 0 Å². The van der Waals surface area contributed by atoms with E-state index in [-0.39, 0.29) is 0 Å². The van der Waals surface area contributed by atoms with Crippen LogP contribution in [0.2, 0.25) is 0 Å². The minimum atomic E-state index is -0.862. The number of benzene rings is 1. The van der Waals surface area contributed by atoms with E-state index < -0.39 is 7.26 Å². The molecule has 1 aromatic carbocycles. The Labute approximate surface area is 94.4 Å². The van der Waals surface area contributed by atoms with Crippen molar-refractivity contribution in [2.45, 2.75) is 44.9 Å². The molecule has 0 N–H and O–H groups in total. The monoisotopic (exact) mass is 221 g/mol. The molecular weight excluding hydrogens is 199 g/mol. The first-order valence-corrected chi connectivity index (χ1v) is 8.26. The molecule has 15 heavy (non-hydrogen) atoms. The molecule has 0 nitrogen and oxygen atoms in total. The summed E-state index contributed by atoms with van der Waals surface area (Å²) in [6, 6.07) is 11.3. The Balaban J connectivity index is 2.45. The van der Waals surface area contributed by atoms with Crippen molar-refractivity contribution in [1.82, 2.24) is 0 Å². The molecule has 1 fully saturated rings. The van der Waals surface area contributed by atoms with E-state index in [9.17, 15) is 0 Å². The van der Waals surface area contributed by atoms with E-state index in [0.29, 0.717) is 0 Å². The fourth-order valence-corrected chi connectivity index (χ4v) is 8.84. The van der Waals surface area contributed by atoms with Crippen molar-refractivity contribution in [2.24, 2.45) is 0 Å². The van der Waals surface area contributed by atoms with Gasteiger partial charge < -0.3 is 0 Å². The smallest absolute Gasteiger partial charge is 0.0620 e. The molecule has 1 heterocycles. The highest BCUT2D eigenvalue weighted by molar-refractivity contribution is 7.84. The van der Waals surface area contributed by atoms with Gasteiger partial charge in [0.05, 0.1) is 30.0 Å². The molecule has 1 heteroatoms. The molecule has 1 aliphatic rings. The molecule has 0 aliphatic carbocycles. The van der Waals surface area contributed by atoms with E-state index in [4.69, 9.17) is 0 Å². The Morgan fingerprint density at radius 1 is 1.07 bits per heavy atom. The van der Waals surface area contributed by atoms with Crippen LogP contribution in [0.25, 0.3) is 0 Å². The van der Waals surface area contributed by atoms with E-state index in [2.05, 4.69) is 51.1 Å². The van der Waals surface area contributed by atoms with Gasteiger partial charge >= 0.3 is 0 Å². The Bertz CT molecular complexity index is 307. The molecule has 0 unspecified atom stereocenters. The van der Waals surface area contributed by atoms with Crippen LogP contribution in [-0.2, 0) is 0 Å². The van der Waals surface area contributed by atoms with E-state index in [0.717, 1.165) is 11.3 Å². The largest absolute Gasteiger partial charge is 0.0944 e. The molecule has 0 bridgehead atoms. The first-order valence-electron chi connectivity index (χ1n) is 6.15. The summed E-state index contributed by atoms with van der Waals surface area (Å²) in [5.74, 6) is 0. The Morgan fingerprint density at radius 3 is 2.07 bits per heavy atom. The van der Waals surface area contributed by atoms with Gasteiger partial charge in [-0.3, -0.25) is 0 Å². The van der Waals surface area contributed by atoms with E-state index in [1.54, 1.807) is 5.30 Å². The van der Waals surface area contributed by atoms with Crippen molar-refractivity contribution < 1.29 is 0 Å². The van der Waals surface area contributed by atoms with Gasteiger partial charge in [0.15, 0.2) is 0 Å². The summed E-state index contributed by atoms with van der Waals surface area (Å²) in [7, 11) is -0.862. The van der Waals surface area contributed by atoms with Gasteiger partial charge in [-0.05, 0) is 45.7 Å². The van der Waals surface area contributed by atoms with Crippen LogP contribution in [0.15, 0.2) is 30.3 Å². The van der Waals surface area contributed by atoms with Gasteiger partial charge in [-0.1, -0.05) is 18.2 Å². The first kappa shape index (κ1) is 11.1. The zero-order valence-corrected chi connectivity index (χ0v) is 11.0. The van der Waals surface area contributed by atoms with Crippen molar-refractivity contribution in [2.75, 3.05) is 6.16 Å². The normalized spacial score (nSPS) is 29.3.